The Hall–Kier alpha value is -14.4. The highest BCUT2D eigenvalue weighted by molar-refractivity contribution is 6.28. The molecule has 0 atom stereocenters. The minimum absolute atomic E-state index is 1.16. The number of fused-ring (bicyclic) bond motifs is 17. The predicted molar refractivity (Wildman–Crippen MR) is 468 cm³/mol. The number of aromatic nitrogens is 2. The molecular formula is C108H66N2. The van der Waals surface area contributed by atoms with Crippen LogP contribution in [0.25, 0.3) is 231 Å². The van der Waals surface area contributed by atoms with Gasteiger partial charge in [-0.1, -0.05) is 291 Å². The molecule has 0 N–H and O–H groups in total. The highest BCUT2D eigenvalue weighted by Crippen LogP contribution is 2.55. The molecule has 0 radical (unpaired) electrons. The van der Waals surface area contributed by atoms with Gasteiger partial charge in [0.05, 0.1) is 22.1 Å². The average Bonchev–Trinajstić information content (AvgIpc) is 1.55. The second kappa shape index (κ2) is 24.6. The van der Waals surface area contributed by atoms with Crippen molar-refractivity contribution in [3.05, 3.63) is 400 Å². The SMILES string of the molecule is c1ccc(-c2ccc3c(-c4cccc(-c5ccc6c7c(cc8ccccc8c57)-c5cc7ccccc7cc5-6)c4)cccc3c2)cc1.c1ccc(-n2c3ccccc3c3ccc(-c4cc(-c5ccc6c7ccccc7n(-c7ccccc7)c6c5)cc(-c5ccc6c7c(cccc57)-c5cc7ccccc7cc5-6)c4)cc32)cc1. The van der Waals surface area contributed by atoms with E-state index in [0.717, 1.165) is 11.4 Å². The van der Waals surface area contributed by atoms with Crippen LogP contribution in [0.5, 0.6) is 0 Å². The summed E-state index contributed by atoms with van der Waals surface area (Å²) in [4.78, 5) is 0. The second-order valence-corrected chi connectivity index (χ2v) is 29.8. The standard InChI is InChI=1S/C62H38N2.C46H28/c1-3-16-46(17-4-1)63-58-24-11-9-20-49(58)51-28-26-41(37-60(51)63)43-32-44(42-27-29-52-50-21-10-12-25-59(50)64(61(52)38-42)47-18-5-2-6-19-47)34-45(33-43)48-30-31-55-57-36-40-15-8-7-14-39(40)35-56(57)54-23-13-22-53(48)62(54)55;1-2-10-29(11-3-1)32-20-21-38-33(24-32)17-9-19-37(38)34-15-8-16-35(25-34)40-22-23-41-42-26-30-12-4-5-13-31(30)27-43(42)44-28-36-14-6-7-18-39(36)45(40)46(41)44/h1-38H;1-28H. The van der Waals surface area contributed by atoms with Gasteiger partial charge >= 0.3 is 0 Å². The molecule has 0 amide bonds. The van der Waals surface area contributed by atoms with Crippen molar-refractivity contribution in [2.45, 2.75) is 0 Å². The number of benzene rings is 20. The molecule has 110 heavy (non-hydrogen) atoms. The monoisotopic (exact) mass is 1390 g/mol. The van der Waals surface area contributed by atoms with Crippen LogP contribution in [0, 0.1) is 0 Å². The lowest BCUT2D eigenvalue weighted by Crippen LogP contribution is -1.94. The van der Waals surface area contributed by atoms with Crippen LogP contribution in [-0.2, 0) is 0 Å². The first-order chi connectivity index (χ1) is 54.5. The molecular weight excluding hydrogens is 1330 g/mol. The van der Waals surface area contributed by atoms with Crippen LogP contribution in [0.4, 0.5) is 0 Å². The summed E-state index contributed by atoms with van der Waals surface area (Å²) in [6, 6.07) is 148. The van der Waals surface area contributed by atoms with Crippen molar-refractivity contribution < 1.29 is 0 Å². The lowest BCUT2D eigenvalue weighted by Gasteiger charge is -2.15. The fraction of sp³-hybridized carbons (Fsp3) is 0. The summed E-state index contributed by atoms with van der Waals surface area (Å²) in [5.74, 6) is 0. The van der Waals surface area contributed by atoms with Crippen molar-refractivity contribution >= 4 is 108 Å². The Labute approximate surface area is 636 Å². The maximum Gasteiger partial charge on any atom is 0.0547 e. The summed E-state index contributed by atoms with van der Waals surface area (Å²) in [7, 11) is 0. The largest absolute Gasteiger partial charge is 0.309 e. The summed E-state index contributed by atoms with van der Waals surface area (Å²) >= 11 is 0. The normalized spacial score (nSPS) is 12.0. The van der Waals surface area contributed by atoms with Crippen molar-refractivity contribution in [3.8, 4) is 123 Å². The first-order valence-electron chi connectivity index (χ1n) is 38.2. The number of nitrogens with zero attached hydrogens (tertiary/aromatic N) is 2. The summed E-state index contributed by atoms with van der Waals surface area (Å²) in [6.07, 6.45) is 0. The number of para-hydroxylation sites is 4. The van der Waals surface area contributed by atoms with E-state index in [2.05, 4.69) is 410 Å². The van der Waals surface area contributed by atoms with E-state index in [4.69, 9.17) is 0 Å². The molecule has 2 aliphatic rings. The topological polar surface area (TPSA) is 9.86 Å². The second-order valence-electron chi connectivity index (χ2n) is 29.8. The molecule has 0 unspecified atom stereocenters. The van der Waals surface area contributed by atoms with Crippen molar-refractivity contribution in [2.75, 3.05) is 0 Å². The number of rotatable bonds is 8. The molecule has 22 aromatic rings. The Kier molecular flexibility index (Phi) is 13.8. The zero-order chi connectivity index (χ0) is 72.1. The zero-order valence-corrected chi connectivity index (χ0v) is 60.0. The third-order valence-electron chi connectivity index (χ3n) is 23.7. The summed E-state index contributed by atoms with van der Waals surface area (Å²) < 4.78 is 4.83. The van der Waals surface area contributed by atoms with Crippen molar-refractivity contribution in [1.29, 1.82) is 0 Å². The van der Waals surface area contributed by atoms with E-state index in [0.29, 0.717) is 0 Å². The first kappa shape index (κ1) is 61.8. The first-order valence-corrected chi connectivity index (χ1v) is 38.2. The fourth-order valence-electron chi connectivity index (χ4n) is 18.7. The zero-order valence-electron chi connectivity index (χ0n) is 60.0. The molecule has 508 valence electrons. The van der Waals surface area contributed by atoms with Crippen LogP contribution in [0.1, 0.15) is 0 Å². The van der Waals surface area contributed by atoms with Crippen LogP contribution >= 0.6 is 0 Å². The van der Waals surface area contributed by atoms with E-state index in [1.165, 1.54) is 220 Å². The maximum atomic E-state index is 2.42. The molecule has 0 saturated heterocycles. The van der Waals surface area contributed by atoms with Crippen LogP contribution in [0.2, 0.25) is 0 Å². The molecule has 2 heteroatoms. The Morgan fingerprint density at radius 1 is 0.127 bits per heavy atom. The number of hydrogen-bond donors (Lipinski definition) is 0. The number of hydrogen-bond acceptors (Lipinski definition) is 0. The lowest BCUT2D eigenvalue weighted by molar-refractivity contribution is 1.18. The van der Waals surface area contributed by atoms with Gasteiger partial charge in [-0.05, 0) is 285 Å². The average molecular weight is 1390 g/mol. The quantitative estimate of drug-likeness (QED) is 0.134. The highest BCUT2D eigenvalue weighted by Gasteiger charge is 2.28. The van der Waals surface area contributed by atoms with Gasteiger partial charge in [0.2, 0.25) is 0 Å². The minimum atomic E-state index is 1.16. The lowest BCUT2D eigenvalue weighted by atomic mass is 9.88. The van der Waals surface area contributed by atoms with E-state index in [-0.39, 0.29) is 0 Å². The maximum absolute atomic E-state index is 2.42. The molecule has 2 aliphatic carbocycles. The van der Waals surface area contributed by atoms with Gasteiger partial charge in [-0.2, -0.15) is 0 Å². The molecule has 0 saturated carbocycles. The van der Waals surface area contributed by atoms with Gasteiger partial charge in [-0.3, -0.25) is 0 Å². The Balaban J connectivity index is 0.000000139. The predicted octanol–water partition coefficient (Wildman–Crippen LogP) is 29.8. The van der Waals surface area contributed by atoms with Crippen LogP contribution in [0.3, 0.4) is 0 Å². The Morgan fingerprint density at radius 3 is 1.07 bits per heavy atom. The molecule has 2 aromatic heterocycles. The van der Waals surface area contributed by atoms with Gasteiger partial charge in [0, 0.05) is 32.9 Å². The van der Waals surface area contributed by atoms with Crippen LogP contribution in [0.15, 0.2) is 400 Å². The van der Waals surface area contributed by atoms with Gasteiger partial charge in [-0.15, -0.1) is 0 Å². The highest BCUT2D eigenvalue weighted by atomic mass is 15.0. The van der Waals surface area contributed by atoms with E-state index in [1.807, 2.05) is 0 Å². The van der Waals surface area contributed by atoms with Crippen LogP contribution in [-0.4, -0.2) is 9.13 Å². The molecule has 2 heterocycles. The summed E-state index contributed by atoms with van der Waals surface area (Å²) in [5, 5.41) is 20.6. The fourth-order valence-corrected chi connectivity index (χ4v) is 18.7. The van der Waals surface area contributed by atoms with Gasteiger partial charge in [0.1, 0.15) is 0 Å². The molecule has 0 aliphatic heterocycles. The van der Waals surface area contributed by atoms with Gasteiger partial charge < -0.3 is 9.13 Å². The molecule has 0 bridgehead atoms. The molecule has 20 aromatic carbocycles. The molecule has 0 spiro atoms. The van der Waals surface area contributed by atoms with E-state index >= 15 is 0 Å². The van der Waals surface area contributed by atoms with Crippen molar-refractivity contribution in [2.24, 2.45) is 0 Å². The van der Waals surface area contributed by atoms with E-state index in [1.54, 1.807) is 0 Å². The van der Waals surface area contributed by atoms with Gasteiger partial charge in [0.15, 0.2) is 0 Å². The minimum Gasteiger partial charge on any atom is -0.309 e. The molecule has 24 rings (SSSR count). The summed E-state index contributed by atoms with van der Waals surface area (Å²) in [5.41, 5.74) is 32.4. The van der Waals surface area contributed by atoms with E-state index < -0.39 is 0 Å². The summed E-state index contributed by atoms with van der Waals surface area (Å²) in [6.45, 7) is 0. The van der Waals surface area contributed by atoms with E-state index in [9.17, 15) is 0 Å². The molecule has 0 fully saturated rings. The van der Waals surface area contributed by atoms with Crippen molar-refractivity contribution in [1.82, 2.24) is 9.13 Å². The third kappa shape index (κ3) is 9.69. The Morgan fingerprint density at radius 2 is 0.482 bits per heavy atom. The smallest absolute Gasteiger partial charge is 0.0547 e. The van der Waals surface area contributed by atoms with Gasteiger partial charge in [-0.25, -0.2) is 0 Å². The third-order valence-corrected chi connectivity index (χ3v) is 23.7. The Bertz CT molecular complexity index is 7400. The van der Waals surface area contributed by atoms with Gasteiger partial charge in [0.25, 0.3) is 0 Å². The van der Waals surface area contributed by atoms with Crippen LogP contribution < -0.4 is 0 Å². The van der Waals surface area contributed by atoms with Crippen molar-refractivity contribution in [3.63, 3.8) is 0 Å². The molecule has 2 nitrogen and oxygen atoms in total.